The molecule has 0 spiro atoms. The second-order valence-corrected chi connectivity index (χ2v) is 9.97. The Balaban J connectivity index is 1.65. The standard InChI is InChI=1S/C27H30N2O7/c1-7-14-17-18(24(34-6)12(3)25-26(17)36-10-35-25)21(30)20-19-16-13(8-11(2)23(33-5)22(16)31)9-15(28(19)4)27(32)29(14)20/h8,14-15,19-20,31H,7,9-10H2,1-6H3/t14-,15-,19?,20?/m0/s1. The van der Waals surface area contributed by atoms with Crippen LogP contribution in [0.1, 0.15) is 63.6 Å². The number of phenols is 1. The van der Waals surface area contributed by atoms with Crippen molar-refractivity contribution in [2.75, 3.05) is 28.1 Å². The Morgan fingerprint density at radius 3 is 2.42 bits per heavy atom. The van der Waals surface area contributed by atoms with Crippen molar-refractivity contribution < 1.29 is 33.6 Å². The number of phenolic OH excluding ortho intramolecular Hbond substituents is 1. The lowest BCUT2D eigenvalue weighted by atomic mass is 9.72. The van der Waals surface area contributed by atoms with Crippen molar-refractivity contribution in [1.82, 2.24) is 9.80 Å². The molecule has 0 radical (unpaired) electrons. The first-order valence-electron chi connectivity index (χ1n) is 12.2. The second-order valence-electron chi connectivity index (χ2n) is 9.97. The highest BCUT2D eigenvalue weighted by atomic mass is 16.7. The van der Waals surface area contributed by atoms with Crippen LogP contribution in [0.5, 0.6) is 28.7 Å². The summed E-state index contributed by atoms with van der Waals surface area (Å²) in [5, 5.41) is 11.4. The summed E-state index contributed by atoms with van der Waals surface area (Å²) >= 11 is 0. The molecule has 1 N–H and O–H groups in total. The number of ether oxygens (including phenoxy) is 4. The number of methoxy groups -OCH3 is 2. The first-order chi connectivity index (χ1) is 17.3. The van der Waals surface area contributed by atoms with Crippen LogP contribution in [0.15, 0.2) is 6.07 Å². The van der Waals surface area contributed by atoms with E-state index in [0.29, 0.717) is 58.1 Å². The number of likely N-dealkylation sites (N-methyl/N-ethyl adjacent to an activating group) is 1. The lowest BCUT2D eigenvalue weighted by molar-refractivity contribution is -0.153. The molecule has 0 aliphatic carbocycles. The number of fused-ring (bicyclic) bond motifs is 9. The molecule has 4 heterocycles. The fraction of sp³-hybridized carbons (Fsp3) is 0.481. The van der Waals surface area contributed by atoms with Crippen molar-refractivity contribution in [3.8, 4) is 28.7 Å². The molecule has 2 unspecified atom stereocenters. The zero-order valence-electron chi connectivity index (χ0n) is 21.3. The van der Waals surface area contributed by atoms with Gasteiger partial charge in [0.15, 0.2) is 28.8 Å². The number of piperazine rings is 1. The third kappa shape index (κ3) is 2.64. The summed E-state index contributed by atoms with van der Waals surface area (Å²) in [4.78, 5) is 32.2. The van der Waals surface area contributed by atoms with Gasteiger partial charge in [0.25, 0.3) is 0 Å². The number of carbonyl (C=O) groups excluding carboxylic acids is 2. The number of aryl methyl sites for hydroxylation is 1. The van der Waals surface area contributed by atoms with E-state index in [1.807, 2.05) is 38.8 Å². The Bertz CT molecular complexity index is 1340. The van der Waals surface area contributed by atoms with Crippen molar-refractivity contribution in [2.24, 2.45) is 0 Å². The Hall–Kier alpha value is -3.46. The van der Waals surface area contributed by atoms with Gasteiger partial charge < -0.3 is 29.0 Å². The molecular formula is C27H30N2O7. The Labute approximate surface area is 209 Å². The minimum atomic E-state index is -0.845. The average Bonchev–Trinajstić information content (AvgIpc) is 3.34. The SMILES string of the molecule is CC[C@H]1c2c3c(c(C)c(OC)c2C(=O)C2C4c5c(cc(C)c(OC)c5O)C[C@@H](C(=O)N21)N4C)OCO3. The van der Waals surface area contributed by atoms with E-state index in [4.69, 9.17) is 18.9 Å². The molecule has 36 heavy (non-hydrogen) atoms. The number of ketones is 1. The first kappa shape index (κ1) is 23.0. The average molecular weight is 495 g/mol. The topological polar surface area (TPSA) is 97.8 Å². The fourth-order valence-electron chi connectivity index (χ4n) is 6.88. The molecule has 9 nitrogen and oxygen atoms in total. The minimum absolute atomic E-state index is 0.0255. The largest absolute Gasteiger partial charge is 0.504 e. The summed E-state index contributed by atoms with van der Waals surface area (Å²) in [5.74, 6) is 1.59. The van der Waals surface area contributed by atoms with Gasteiger partial charge in [0.1, 0.15) is 11.8 Å². The molecule has 1 saturated heterocycles. The maximum atomic E-state index is 14.5. The number of rotatable bonds is 3. The highest BCUT2D eigenvalue weighted by Gasteiger charge is 2.59. The summed E-state index contributed by atoms with van der Waals surface area (Å²) in [6.45, 7) is 5.75. The molecule has 190 valence electrons. The number of benzene rings is 2. The predicted molar refractivity (Wildman–Crippen MR) is 129 cm³/mol. The van der Waals surface area contributed by atoms with Gasteiger partial charge in [-0.15, -0.1) is 0 Å². The molecule has 4 aliphatic rings. The van der Waals surface area contributed by atoms with E-state index in [1.165, 1.54) is 14.2 Å². The molecule has 0 aromatic heterocycles. The molecule has 4 atom stereocenters. The van der Waals surface area contributed by atoms with Crippen LogP contribution in [0, 0.1) is 13.8 Å². The van der Waals surface area contributed by atoms with Crippen LogP contribution in [-0.4, -0.2) is 66.7 Å². The molecule has 4 aliphatic heterocycles. The molecule has 1 amide bonds. The number of aromatic hydroxyl groups is 1. The molecule has 2 bridgehead atoms. The maximum Gasteiger partial charge on any atom is 0.241 e. The van der Waals surface area contributed by atoms with Gasteiger partial charge in [0.2, 0.25) is 12.7 Å². The van der Waals surface area contributed by atoms with Gasteiger partial charge in [-0.1, -0.05) is 13.0 Å². The second kappa shape index (κ2) is 7.77. The van der Waals surface area contributed by atoms with Crippen molar-refractivity contribution in [1.29, 1.82) is 0 Å². The van der Waals surface area contributed by atoms with E-state index < -0.39 is 24.2 Å². The van der Waals surface area contributed by atoms with Gasteiger partial charge in [-0.3, -0.25) is 14.5 Å². The Morgan fingerprint density at radius 2 is 1.75 bits per heavy atom. The van der Waals surface area contributed by atoms with E-state index in [1.54, 1.807) is 4.90 Å². The van der Waals surface area contributed by atoms with Gasteiger partial charge in [0, 0.05) is 16.7 Å². The number of hydrogen-bond donors (Lipinski definition) is 1. The lowest BCUT2D eigenvalue weighted by Crippen LogP contribution is -2.68. The number of nitrogens with zero attached hydrogens (tertiary/aromatic N) is 2. The predicted octanol–water partition coefficient (Wildman–Crippen LogP) is 3.21. The number of hydrogen-bond acceptors (Lipinski definition) is 8. The molecule has 6 rings (SSSR count). The molecule has 1 fully saturated rings. The summed E-state index contributed by atoms with van der Waals surface area (Å²) in [7, 11) is 4.91. The van der Waals surface area contributed by atoms with Gasteiger partial charge in [0.05, 0.1) is 37.9 Å². The quantitative estimate of drug-likeness (QED) is 0.695. The third-order valence-electron chi connectivity index (χ3n) is 8.36. The van der Waals surface area contributed by atoms with Crippen LogP contribution >= 0.6 is 0 Å². The van der Waals surface area contributed by atoms with E-state index in [9.17, 15) is 14.7 Å². The molecular weight excluding hydrogens is 464 g/mol. The highest BCUT2D eigenvalue weighted by molar-refractivity contribution is 6.10. The van der Waals surface area contributed by atoms with Crippen LogP contribution in [0.3, 0.4) is 0 Å². The van der Waals surface area contributed by atoms with Crippen LogP contribution < -0.4 is 18.9 Å². The van der Waals surface area contributed by atoms with Crippen LogP contribution in [0.2, 0.25) is 0 Å². The van der Waals surface area contributed by atoms with E-state index in [0.717, 1.165) is 11.1 Å². The number of carbonyl (C=O) groups is 2. The summed E-state index contributed by atoms with van der Waals surface area (Å²) < 4.78 is 22.9. The monoisotopic (exact) mass is 494 g/mol. The number of amides is 1. The Morgan fingerprint density at radius 1 is 1.06 bits per heavy atom. The lowest BCUT2D eigenvalue weighted by Gasteiger charge is -2.56. The first-order valence-corrected chi connectivity index (χ1v) is 12.2. The molecule has 2 aromatic rings. The van der Waals surface area contributed by atoms with Crippen molar-refractivity contribution in [3.63, 3.8) is 0 Å². The third-order valence-corrected chi connectivity index (χ3v) is 8.36. The van der Waals surface area contributed by atoms with E-state index >= 15 is 0 Å². The van der Waals surface area contributed by atoms with Gasteiger partial charge in [-0.05, 0) is 44.9 Å². The smallest absolute Gasteiger partial charge is 0.241 e. The minimum Gasteiger partial charge on any atom is -0.504 e. The summed E-state index contributed by atoms with van der Waals surface area (Å²) in [6, 6.07) is -0.286. The summed E-state index contributed by atoms with van der Waals surface area (Å²) in [5.41, 5.74) is 4.07. The van der Waals surface area contributed by atoms with Crippen molar-refractivity contribution in [3.05, 3.63) is 39.4 Å². The van der Waals surface area contributed by atoms with Crippen molar-refractivity contribution >= 4 is 11.7 Å². The fourth-order valence-corrected chi connectivity index (χ4v) is 6.88. The van der Waals surface area contributed by atoms with Crippen LogP contribution in [0.25, 0.3) is 0 Å². The molecule has 2 aromatic carbocycles. The number of Topliss-reactive ketones (excluding diaryl/α,β-unsaturated/α-hetero) is 1. The van der Waals surface area contributed by atoms with E-state index in [2.05, 4.69) is 0 Å². The van der Waals surface area contributed by atoms with Gasteiger partial charge in [-0.2, -0.15) is 0 Å². The van der Waals surface area contributed by atoms with Crippen LogP contribution in [-0.2, 0) is 11.2 Å². The molecule has 0 saturated carbocycles. The Kier molecular flexibility index (Phi) is 4.96. The summed E-state index contributed by atoms with van der Waals surface area (Å²) in [6.07, 6.45) is 1.01. The zero-order valence-corrected chi connectivity index (χ0v) is 21.3. The van der Waals surface area contributed by atoms with E-state index in [-0.39, 0.29) is 24.2 Å². The molecule has 9 heteroatoms. The van der Waals surface area contributed by atoms with Gasteiger partial charge >= 0.3 is 0 Å². The maximum absolute atomic E-state index is 14.5. The van der Waals surface area contributed by atoms with Crippen LogP contribution in [0.4, 0.5) is 0 Å². The van der Waals surface area contributed by atoms with Crippen molar-refractivity contribution in [2.45, 2.75) is 57.8 Å². The normalized spacial score (nSPS) is 25.9. The van der Waals surface area contributed by atoms with Gasteiger partial charge in [-0.25, -0.2) is 0 Å². The zero-order chi connectivity index (χ0) is 25.6. The highest BCUT2D eigenvalue weighted by Crippen LogP contribution is 2.57.